The Kier molecular flexibility index (Phi) is 4.45. The molecular formula is C14H16N8O2. The van der Waals surface area contributed by atoms with Crippen molar-refractivity contribution < 1.29 is 4.92 Å². The smallest absolute Gasteiger partial charge is 0.287 e. The lowest BCUT2D eigenvalue weighted by Gasteiger charge is -2.35. The number of nitrogens with two attached hydrogens (primary N) is 1. The summed E-state index contributed by atoms with van der Waals surface area (Å²) in [5.41, 5.74) is 5.94. The van der Waals surface area contributed by atoms with E-state index in [9.17, 15) is 10.1 Å². The second kappa shape index (κ2) is 6.86. The Hall–Kier alpha value is -3.30. The van der Waals surface area contributed by atoms with Crippen LogP contribution in [0.2, 0.25) is 0 Å². The Bertz CT molecular complexity index is 726. The number of guanidine groups is 1. The summed E-state index contributed by atoms with van der Waals surface area (Å²) in [6.07, 6.45) is 4.59. The highest BCUT2D eigenvalue weighted by atomic mass is 16.6. The van der Waals surface area contributed by atoms with Gasteiger partial charge in [-0.2, -0.15) is 4.99 Å². The minimum atomic E-state index is -0.505. The molecule has 2 aromatic rings. The molecule has 3 rings (SSSR count). The molecule has 0 radical (unpaired) electrons. The molecule has 1 aliphatic rings. The van der Waals surface area contributed by atoms with E-state index in [1.807, 2.05) is 4.90 Å². The standard InChI is InChI=1S/C14H16N8O2/c15-13(19-12-3-2-11(10-18-12)22(23)24)20-6-8-21(9-7-20)14-16-4-1-5-17-14/h1-5,10H,6-9H2,(H2,15,18,19). The van der Waals surface area contributed by atoms with Crippen LogP contribution >= 0.6 is 0 Å². The predicted molar refractivity (Wildman–Crippen MR) is 88.0 cm³/mol. The fourth-order valence-electron chi connectivity index (χ4n) is 2.33. The van der Waals surface area contributed by atoms with Gasteiger partial charge < -0.3 is 15.5 Å². The molecule has 10 heteroatoms. The molecule has 10 nitrogen and oxygen atoms in total. The van der Waals surface area contributed by atoms with Gasteiger partial charge in [-0.05, 0) is 12.1 Å². The highest BCUT2D eigenvalue weighted by Crippen LogP contribution is 2.15. The highest BCUT2D eigenvalue weighted by Gasteiger charge is 2.20. The molecule has 0 aliphatic carbocycles. The van der Waals surface area contributed by atoms with Crippen LogP contribution in [0.5, 0.6) is 0 Å². The van der Waals surface area contributed by atoms with Gasteiger partial charge in [0.05, 0.1) is 4.92 Å². The minimum Gasteiger partial charge on any atom is -0.369 e. The van der Waals surface area contributed by atoms with Crippen LogP contribution < -0.4 is 10.6 Å². The summed E-state index contributed by atoms with van der Waals surface area (Å²) < 4.78 is 0. The Labute approximate surface area is 137 Å². The van der Waals surface area contributed by atoms with Gasteiger partial charge in [-0.3, -0.25) is 10.1 Å². The van der Waals surface area contributed by atoms with Crippen LogP contribution in [0.1, 0.15) is 0 Å². The monoisotopic (exact) mass is 328 g/mol. The number of aliphatic imine (C=N–C) groups is 1. The summed E-state index contributed by atoms with van der Waals surface area (Å²) in [5, 5.41) is 10.6. The number of pyridine rings is 1. The van der Waals surface area contributed by atoms with Crippen molar-refractivity contribution in [2.24, 2.45) is 10.7 Å². The Balaban J connectivity index is 1.62. The van der Waals surface area contributed by atoms with E-state index >= 15 is 0 Å². The molecule has 1 fully saturated rings. The molecule has 0 saturated carbocycles. The van der Waals surface area contributed by atoms with Gasteiger partial charge in [0.2, 0.25) is 5.95 Å². The molecule has 24 heavy (non-hydrogen) atoms. The maximum Gasteiger partial charge on any atom is 0.287 e. The minimum absolute atomic E-state index is 0.0796. The van der Waals surface area contributed by atoms with E-state index in [2.05, 4.69) is 24.8 Å². The molecule has 2 aromatic heterocycles. The number of nitro groups is 1. The van der Waals surface area contributed by atoms with Gasteiger partial charge in [0.25, 0.3) is 5.69 Å². The summed E-state index contributed by atoms with van der Waals surface area (Å²) >= 11 is 0. The van der Waals surface area contributed by atoms with Crippen LogP contribution in [0.15, 0.2) is 41.8 Å². The second-order valence-corrected chi connectivity index (χ2v) is 5.12. The fourth-order valence-corrected chi connectivity index (χ4v) is 2.33. The lowest BCUT2D eigenvalue weighted by Crippen LogP contribution is -2.51. The van der Waals surface area contributed by atoms with Crippen molar-refractivity contribution in [1.82, 2.24) is 19.9 Å². The topological polar surface area (TPSA) is 127 Å². The van der Waals surface area contributed by atoms with Crippen LogP contribution in [0.3, 0.4) is 0 Å². The molecule has 0 bridgehead atoms. The zero-order chi connectivity index (χ0) is 16.9. The van der Waals surface area contributed by atoms with Gasteiger partial charge >= 0.3 is 0 Å². The number of nitrogens with zero attached hydrogens (tertiary/aromatic N) is 7. The Morgan fingerprint density at radius 2 is 1.88 bits per heavy atom. The number of hydrogen-bond acceptors (Lipinski definition) is 7. The summed E-state index contributed by atoms with van der Waals surface area (Å²) in [4.78, 5) is 30.7. The molecule has 1 aliphatic heterocycles. The van der Waals surface area contributed by atoms with Crippen LogP contribution in [-0.4, -0.2) is 56.9 Å². The summed E-state index contributed by atoms with van der Waals surface area (Å²) in [6, 6.07) is 4.60. The first kappa shape index (κ1) is 15.6. The first-order valence-corrected chi connectivity index (χ1v) is 7.35. The van der Waals surface area contributed by atoms with Crippen LogP contribution in [0.4, 0.5) is 17.5 Å². The average molecular weight is 328 g/mol. The third-order valence-electron chi connectivity index (χ3n) is 3.61. The van der Waals surface area contributed by atoms with Gasteiger partial charge in [-0.25, -0.2) is 15.0 Å². The first-order valence-electron chi connectivity index (χ1n) is 7.35. The Morgan fingerprint density at radius 1 is 1.17 bits per heavy atom. The van der Waals surface area contributed by atoms with E-state index in [0.717, 1.165) is 19.3 Å². The molecule has 124 valence electrons. The lowest BCUT2D eigenvalue weighted by molar-refractivity contribution is -0.385. The first-order chi connectivity index (χ1) is 11.6. The molecular weight excluding hydrogens is 312 g/mol. The molecule has 1 saturated heterocycles. The van der Waals surface area contributed by atoms with Gasteiger partial charge in [0.1, 0.15) is 6.20 Å². The van der Waals surface area contributed by atoms with E-state index in [-0.39, 0.29) is 5.69 Å². The van der Waals surface area contributed by atoms with Crippen LogP contribution in [0.25, 0.3) is 0 Å². The zero-order valence-electron chi connectivity index (χ0n) is 12.8. The number of anilines is 1. The number of aromatic nitrogens is 3. The number of hydrogen-bond donors (Lipinski definition) is 1. The number of rotatable bonds is 3. The highest BCUT2D eigenvalue weighted by molar-refractivity contribution is 5.80. The maximum atomic E-state index is 10.6. The van der Waals surface area contributed by atoms with Crippen molar-refractivity contribution in [2.45, 2.75) is 0 Å². The SMILES string of the molecule is NC(=Nc1ccc([N+](=O)[O-])cn1)N1CCN(c2ncccn2)CC1. The predicted octanol–water partition coefficient (Wildman–Crippen LogP) is 0.548. The molecule has 0 amide bonds. The third-order valence-corrected chi connectivity index (χ3v) is 3.61. The van der Waals surface area contributed by atoms with Crippen LogP contribution in [-0.2, 0) is 0 Å². The van der Waals surface area contributed by atoms with Gasteiger partial charge in [-0.1, -0.05) is 0 Å². The van der Waals surface area contributed by atoms with Crippen LogP contribution in [0, 0.1) is 10.1 Å². The second-order valence-electron chi connectivity index (χ2n) is 5.12. The van der Waals surface area contributed by atoms with Gasteiger partial charge in [0, 0.05) is 44.6 Å². The van der Waals surface area contributed by atoms with E-state index in [4.69, 9.17) is 5.73 Å². The van der Waals surface area contributed by atoms with Crippen molar-refractivity contribution >= 4 is 23.4 Å². The largest absolute Gasteiger partial charge is 0.369 e. The average Bonchev–Trinajstić information content (AvgIpc) is 2.63. The van der Waals surface area contributed by atoms with E-state index < -0.39 is 4.92 Å². The van der Waals surface area contributed by atoms with Gasteiger partial charge in [0.15, 0.2) is 11.8 Å². The zero-order valence-corrected chi connectivity index (χ0v) is 12.8. The van der Waals surface area contributed by atoms with Crippen molar-refractivity contribution in [2.75, 3.05) is 31.1 Å². The van der Waals surface area contributed by atoms with Crippen molar-refractivity contribution in [3.8, 4) is 0 Å². The van der Waals surface area contributed by atoms with Crippen molar-refractivity contribution in [3.05, 3.63) is 46.9 Å². The summed E-state index contributed by atoms with van der Waals surface area (Å²) in [5.74, 6) is 1.38. The normalized spacial score (nSPS) is 15.4. The van der Waals surface area contributed by atoms with E-state index in [1.54, 1.807) is 18.5 Å². The molecule has 0 spiro atoms. The number of piperazine rings is 1. The quantitative estimate of drug-likeness (QED) is 0.374. The van der Waals surface area contributed by atoms with Crippen molar-refractivity contribution in [1.29, 1.82) is 0 Å². The lowest BCUT2D eigenvalue weighted by atomic mass is 10.3. The van der Waals surface area contributed by atoms with Gasteiger partial charge in [-0.15, -0.1) is 0 Å². The molecule has 0 unspecified atom stereocenters. The maximum absolute atomic E-state index is 10.6. The third kappa shape index (κ3) is 3.54. The fraction of sp³-hybridized carbons (Fsp3) is 0.286. The molecule has 2 N–H and O–H groups in total. The Morgan fingerprint density at radius 3 is 2.46 bits per heavy atom. The molecule has 0 atom stereocenters. The van der Waals surface area contributed by atoms with Crippen molar-refractivity contribution in [3.63, 3.8) is 0 Å². The van der Waals surface area contributed by atoms with E-state index in [0.29, 0.717) is 30.8 Å². The molecule has 0 aromatic carbocycles. The molecule has 3 heterocycles. The van der Waals surface area contributed by atoms with E-state index in [1.165, 1.54) is 12.1 Å². The summed E-state index contributed by atoms with van der Waals surface area (Å²) in [6.45, 7) is 2.82. The summed E-state index contributed by atoms with van der Waals surface area (Å²) in [7, 11) is 0.